The third kappa shape index (κ3) is 2.33. The van der Waals surface area contributed by atoms with Crippen LogP contribution in [0, 0.1) is 0 Å². The molecule has 0 spiro atoms. The van der Waals surface area contributed by atoms with E-state index in [2.05, 4.69) is 34.1 Å². The van der Waals surface area contributed by atoms with Crippen molar-refractivity contribution in [2.45, 2.75) is 6.04 Å². The monoisotopic (exact) mass is 250 g/mol. The molecule has 0 aliphatic carbocycles. The average molecular weight is 250 g/mol. The summed E-state index contributed by atoms with van der Waals surface area (Å²) in [5.41, 5.74) is 2.30. The van der Waals surface area contributed by atoms with E-state index in [1.54, 1.807) is 0 Å². The van der Waals surface area contributed by atoms with Gasteiger partial charge in [-0.1, -0.05) is 0 Å². The summed E-state index contributed by atoms with van der Waals surface area (Å²) >= 11 is 0. The summed E-state index contributed by atoms with van der Waals surface area (Å²) < 4.78 is 5.27. The van der Waals surface area contributed by atoms with Gasteiger partial charge in [-0.05, 0) is 7.05 Å². The van der Waals surface area contributed by atoms with Crippen LogP contribution >= 0.6 is 0 Å². The van der Waals surface area contributed by atoms with E-state index in [9.17, 15) is 0 Å². The van der Waals surface area contributed by atoms with E-state index in [-0.39, 0.29) is 0 Å². The SMILES string of the molecule is CN1CCN(CC2CN(C)c3cocc3N2)CC1. The van der Waals surface area contributed by atoms with Crippen molar-refractivity contribution < 1.29 is 4.42 Å². The van der Waals surface area contributed by atoms with Crippen molar-refractivity contribution in [1.82, 2.24) is 9.80 Å². The van der Waals surface area contributed by atoms with E-state index >= 15 is 0 Å². The van der Waals surface area contributed by atoms with Crippen LogP contribution < -0.4 is 10.2 Å². The van der Waals surface area contributed by atoms with Crippen LogP contribution in [-0.4, -0.2) is 69.2 Å². The van der Waals surface area contributed by atoms with Crippen LogP contribution in [0.4, 0.5) is 11.4 Å². The van der Waals surface area contributed by atoms with Gasteiger partial charge in [-0.25, -0.2) is 0 Å². The second kappa shape index (κ2) is 4.82. The molecule has 2 aliphatic rings. The van der Waals surface area contributed by atoms with Crippen LogP contribution in [0.5, 0.6) is 0 Å². The van der Waals surface area contributed by atoms with E-state index in [0.29, 0.717) is 6.04 Å². The van der Waals surface area contributed by atoms with Crippen LogP contribution in [0.1, 0.15) is 0 Å². The molecule has 1 aromatic heterocycles. The van der Waals surface area contributed by atoms with E-state index < -0.39 is 0 Å². The Morgan fingerprint density at radius 2 is 2.00 bits per heavy atom. The molecular weight excluding hydrogens is 228 g/mol. The number of piperazine rings is 1. The number of nitrogens with one attached hydrogen (secondary N) is 1. The highest BCUT2D eigenvalue weighted by Gasteiger charge is 2.25. The molecule has 2 aliphatic heterocycles. The second-order valence-electron chi connectivity index (χ2n) is 5.50. The molecule has 5 nitrogen and oxygen atoms in total. The van der Waals surface area contributed by atoms with Gasteiger partial charge < -0.3 is 19.5 Å². The highest BCUT2D eigenvalue weighted by atomic mass is 16.3. The lowest BCUT2D eigenvalue weighted by atomic mass is 10.1. The molecule has 100 valence electrons. The molecule has 1 unspecified atom stereocenters. The number of likely N-dealkylation sites (N-methyl/N-ethyl adjacent to an activating group) is 2. The Balaban J connectivity index is 1.59. The first kappa shape index (κ1) is 11.9. The third-order valence-electron chi connectivity index (χ3n) is 3.98. The molecule has 0 radical (unpaired) electrons. The molecule has 3 rings (SSSR count). The summed E-state index contributed by atoms with van der Waals surface area (Å²) in [5.74, 6) is 0. The normalized spacial score (nSPS) is 25.9. The Morgan fingerprint density at radius 1 is 1.22 bits per heavy atom. The smallest absolute Gasteiger partial charge is 0.116 e. The molecule has 0 aromatic carbocycles. The lowest BCUT2D eigenvalue weighted by Gasteiger charge is -2.38. The average Bonchev–Trinajstić information content (AvgIpc) is 2.81. The van der Waals surface area contributed by atoms with Crippen LogP contribution in [0.3, 0.4) is 0 Å². The molecular formula is C13H22N4O. The van der Waals surface area contributed by atoms with Crippen molar-refractivity contribution in [2.24, 2.45) is 0 Å². The maximum atomic E-state index is 5.27. The predicted octanol–water partition coefficient (Wildman–Crippen LogP) is 0.757. The first-order valence-corrected chi connectivity index (χ1v) is 6.67. The van der Waals surface area contributed by atoms with Gasteiger partial charge in [0, 0.05) is 46.3 Å². The molecule has 3 heterocycles. The number of anilines is 2. The molecule has 1 fully saturated rings. The first-order chi connectivity index (χ1) is 8.72. The number of fused-ring (bicyclic) bond motifs is 1. The van der Waals surface area contributed by atoms with Gasteiger partial charge in [-0.3, -0.25) is 4.90 Å². The Morgan fingerprint density at radius 3 is 2.78 bits per heavy atom. The van der Waals surface area contributed by atoms with Gasteiger partial charge in [0.25, 0.3) is 0 Å². The quantitative estimate of drug-likeness (QED) is 0.838. The number of hydrogen-bond donors (Lipinski definition) is 1. The topological polar surface area (TPSA) is 34.9 Å². The van der Waals surface area contributed by atoms with Gasteiger partial charge >= 0.3 is 0 Å². The van der Waals surface area contributed by atoms with Crippen LogP contribution in [0.25, 0.3) is 0 Å². The number of nitrogens with zero attached hydrogens (tertiary/aromatic N) is 3. The zero-order chi connectivity index (χ0) is 12.5. The van der Waals surface area contributed by atoms with Crippen LogP contribution in [0.15, 0.2) is 16.9 Å². The van der Waals surface area contributed by atoms with Crippen molar-refractivity contribution >= 4 is 11.4 Å². The van der Waals surface area contributed by atoms with Crippen molar-refractivity contribution in [3.05, 3.63) is 12.5 Å². The Labute approximate surface area is 108 Å². The fourth-order valence-electron chi connectivity index (χ4n) is 2.83. The minimum Gasteiger partial charge on any atom is -0.468 e. The third-order valence-corrected chi connectivity index (χ3v) is 3.98. The molecule has 0 bridgehead atoms. The van der Waals surface area contributed by atoms with E-state index in [0.717, 1.165) is 18.8 Å². The summed E-state index contributed by atoms with van der Waals surface area (Å²) in [6.45, 7) is 6.87. The van der Waals surface area contributed by atoms with Crippen LogP contribution in [-0.2, 0) is 0 Å². The summed E-state index contributed by atoms with van der Waals surface area (Å²) in [6.07, 6.45) is 3.62. The lowest BCUT2D eigenvalue weighted by Crippen LogP contribution is -2.51. The Bertz CT molecular complexity index is 397. The van der Waals surface area contributed by atoms with Gasteiger partial charge in [0.05, 0.1) is 17.4 Å². The molecule has 1 saturated heterocycles. The highest BCUT2D eigenvalue weighted by molar-refractivity contribution is 5.70. The zero-order valence-corrected chi connectivity index (χ0v) is 11.2. The molecule has 1 aromatic rings. The molecule has 0 amide bonds. The van der Waals surface area contributed by atoms with E-state index in [1.807, 2.05) is 12.5 Å². The number of hydrogen-bond acceptors (Lipinski definition) is 5. The van der Waals surface area contributed by atoms with Gasteiger partial charge in [0.1, 0.15) is 12.5 Å². The maximum absolute atomic E-state index is 5.27. The first-order valence-electron chi connectivity index (χ1n) is 6.67. The highest BCUT2D eigenvalue weighted by Crippen LogP contribution is 2.30. The van der Waals surface area contributed by atoms with E-state index in [1.165, 1.54) is 31.9 Å². The fourth-order valence-corrected chi connectivity index (χ4v) is 2.83. The summed E-state index contributed by atoms with van der Waals surface area (Å²) in [7, 11) is 4.33. The summed E-state index contributed by atoms with van der Waals surface area (Å²) in [4.78, 5) is 7.22. The molecule has 18 heavy (non-hydrogen) atoms. The minimum absolute atomic E-state index is 0.489. The second-order valence-corrected chi connectivity index (χ2v) is 5.50. The molecule has 5 heteroatoms. The van der Waals surface area contributed by atoms with Gasteiger partial charge in [-0.2, -0.15) is 0 Å². The van der Waals surface area contributed by atoms with Crippen molar-refractivity contribution in [1.29, 1.82) is 0 Å². The number of furan rings is 1. The molecule has 0 saturated carbocycles. The summed E-state index contributed by atoms with van der Waals surface area (Å²) in [6, 6.07) is 0.489. The standard InChI is InChI=1S/C13H22N4O/c1-15-3-5-17(6-4-15)8-11-7-16(2)13-10-18-9-12(13)14-11/h9-11,14H,3-8H2,1-2H3. The molecule has 1 N–H and O–H groups in total. The van der Waals surface area contributed by atoms with Crippen molar-refractivity contribution in [3.8, 4) is 0 Å². The summed E-state index contributed by atoms with van der Waals surface area (Å²) in [5, 5.41) is 3.58. The number of rotatable bonds is 2. The predicted molar refractivity (Wildman–Crippen MR) is 73.3 cm³/mol. The van der Waals surface area contributed by atoms with Crippen LogP contribution in [0.2, 0.25) is 0 Å². The zero-order valence-electron chi connectivity index (χ0n) is 11.2. The van der Waals surface area contributed by atoms with Gasteiger partial charge in [0.2, 0.25) is 0 Å². The Hall–Kier alpha value is -1.20. The fraction of sp³-hybridized carbons (Fsp3) is 0.692. The molecule has 1 atom stereocenters. The lowest BCUT2D eigenvalue weighted by molar-refractivity contribution is 0.150. The minimum atomic E-state index is 0.489. The van der Waals surface area contributed by atoms with E-state index in [4.69, 9.17) is 4.42 Å². The van der Waals surface area contributed by atoms with Crippen molar-refractivity contribution in [3.63, 3.8) is 0 Å². The Kier molecular flexibility index (Phi) is 3.18. The largest absolute Gasteiger partial charge is 0.468 e. The van der Waals surface area contributed by atoms with Gasteiger partial charge in [0.15, 0.2) is 0 Å². The van der Waals surface area contributed by atoms with Crippen molar-refractivity contribution in [2.75, 3.05) is 63.6 Å². The maximum Gasteiger partial charge on any atom is 0.116 e. The van der Waals surface area contributed by atoms with Gasteiger partial charge in [-0.15, -0.1) is 0 Å².